The number of fused-ring (bicyclic) bond motifs is 1. The van der Waals surface area contributed by atoms with E-state index in [0.29, 0.717) is 0 Å². The average Bonchev–Trinajstić information content (AvgIpc) is 3.38. The Balaban J connectivity index is 1.54. The molecule has 2 aromatic heterocycles. The van der Waals surface area contributed by atoms with Crippen molar-refractivity contribution >= 4 is 22.4 Å². The van der Waals surface area contributed by atoms with Gasteiger partial charge in [0.15, 0.2) is 0 Å². The summed E-state index contributed by atoms with van der Waals surface area (Å²) in [6, 6.07) is 20.3. The van der Waals surface area contributed by atoms with E-state index in [2.05, 4.69) is 10.4 Å². The molecule has 5 aromatic rings. The minimum absolute atomic E-state index is 0.265. The van der Waals surface area contributed by atoms with Gasteiger partial charge in [-0.15, -0.1) is 0 Å². The molecule has 0 aliphatic heterocycles. The highest BCUT2D eigenvalue weighted by molar-refractivity contribution is 5.93. The van der Waals surface area contributed by atoms with Gasteiger partial charge in [0.25, 0.3) is 0 Å². The number of hydrogen-bond acceptors (Lipinski definition) is 4. The van der Waals surface area contributed by atoms with Crippen LogP contribution >= 0.6 is 0 Å². The molecule has 0 fully saturated rings. The molecule has 7 heteroatoms. The van der Waals surface area contributed by atoms with Crippen LogP contribution < -0.4 is 10.1 Å². The summed E-state index contributed by atoms with van der Waals surface area (Å²) in [5, 5.41) is 7.72. The monoisotopic (exact) mass is 427 g/mol. The van der Waals surface area contributed by atoms with Crippen LogP contribution in [0.1, 0.15) is 0 Å². The molecule has 0 atom stereocenters. The van der Waals surface area contributed by atoms with Crippen molar-refractivity contribution in [1.82, 2.24) is 19.3 Å². The molecule has 32 heavy (non-hydrogen) atoms. The van der Waals surface area contributed by atoms with E-state index < -0.39 is 0 Å². The molecule has 2 heterocycles. The molecule has 0 spiro atoms. The molecule has 160 valence electrons. The van der Waals surface area contributed by atoms with Crippen LogP contribution in [0.4, 0.5) is 15.8 Å². The fourth-order valence-electron chi connectivity index (χ4n) is 3.95. The Hall–Kier alpha value is -4.13. The van der Waals surface area contributed by atoms with E-state index in [1.54, 1.807) is 25.4 Å². The van der Waals surface area contributed by atoms with Crippen LogP contribution in [-0.2, 0) is 14.1 Å². The highest BCUT2D eigenvalue weighted by Crippen LogP contribution is 2.35. The summed E-state index contributed by atoms with van der Waals surface area (Å²) < 4.78 is 22.8. The number of aromatic nitrogens is 4. The van der Waals surface area contributed by atoms with Crippen molar-refractivity contribution in [2.24, 2.45) is 14.1 Å². The molecule has 0 aliphatic carbocycles. The number of methoxy groups -OCH3 is 1. The van der Waals surface area contributed by atoms with Gasteiger partial charge >= 0.3 is 0 Å². The molecule has 0 saturated carbocycles. The van der Waals surface area contributed by atoms with Gasteiger partial charge in [-0.2, -0.15) is 5.10 Å². The average molecular weight is 427 g/mol. The summed E-state index contributed by atoms with van der Waals surface area (Å²) in [6.07, 6.45) is 1.77. The number of anilines is 2. The maximum absolute atomic E-state index is 13.4. The zero-order valence-corrected chi connectivity index (χ0v) is 18.0. The molecule has 1 N–H and O–H groups in total. The second kappa shape index (κ2) is 7.85. The van der Waals surface area contributed by atoms with Gasteiger partial charge in [-0.3, -0.25) is 4.68 Å². The Bertz CT molecular complexity index is 1420. The lowest BCUT2D eigenvalue weighted by molar-refractivity contribution is 0.416. The lowest BCUT2D eigenvalue weighted by Gasteiger charge is -2.13. The van der Waals surface area contributed by atoms with Crippen LogP contribution in [0.5, 0.6) is 5.75 Å². The summed E-state index contributed by atoms with van der Waals surface area (Å²) in [7, 11) is 5.53. The predicted molar refractivity (Wildman–Crippen MR) is 125 cm³/mol. The number of rotatable bonds is 5. The van der Waals surface area contributed by atoms with E-state index in [-0.39, 0.29) is 5.82 Å². The van der Waals surface area contributed by atoms with E-state index >= 15 is 0 Å². The first-order valence-electron chi connectivity index (χ1n) is 10.2. The molecular formula is C25H22FN5O. The van der Waals surface area contributed by atoms with Crippen molar-refractivity contribution in [2.75, 3.05) is 12.4 Å². The second-order valence-electron chi connectivity index (χ2n) is 7.55. The molecule has 5 rings (SSSR count). The third-order valence-corrected chi connectivity index (χ3v) is 5.59. The lowest BCUT2D eigenvalue weighted by atomic mass is 10.1. The number of hydrogen-bond donors (Lipinski definition) is 1. The molecule has 6 nitrogen and oxygen atoms in total. The maximum Gasteiger partial charge on any atom is 0.140 e. The van der Waals surface area contributed by atoms with Crippen LogP contribution in [-0.4, -0.2) is 26.4 Å². The topological polar surface area (TPSA) is 56.9 Å². The van der Waals surface area contributed by atoms with Gasteiger partial charge in [-0.1, -0.05) is 6.07 Å². The fraction of sp³-hybridized carbons (Fsp3) is 0.120. The predicted octanol–water partition coefficient (Wildman–Crippen LogP) is 5.53. The van der Waals surface area contributed by atoms with Crippen molar-refractivity contribution in [3.8, 4) is 28.4 Å². The number of imidazole rings is 1. The Labute approximate surface area is 184 Å². The van der Waals surface area contributed by atoms with Crippen molar-refractivity contribution < 1.29 is 9.13 Å². The minimum atomic E-state index is -0.265. The Kier molecular flexibility index (Phi) is 4.86. The first kappa shape index (κ1) is 19.8. The molecule has 0 aliphatic rings. The third kappa shape index (κ3) is 3.37. The van der Waals surface area contributed by atoms with Gasteiger partial charge in [-0.25, -0.2) is 9.37 Å². The molecule has 3 aromatic carbocycles. The summed E-state index contributed by atoms with van der Waals surface area (Å²) in [5.41, 5.74) is 6.38. The largest absolute Gasteiger partial charge is 0.496 e. The number of benzene rings is 3. The van der Waals surface area contributed by atoms with Crippen molar-refractivity contribution in [3.05, 3.63) is 78.7 Å². The quantitative estimate of drug-likeness (QED) is 0.401. The molecule has 0 amide bonds. The van der Waals surface area contributed by atoms with Crippen molar-refractivity contribution in [1.29, 1.82) is 0 Å². The van der Waals surface area contributed by atoms with Crippen LogP contribution in [0, 0.1) is 5.82 Å². The van der Waals surface area contributed by atoms with E-state index in [1.165, 1.54) is 12.1 Å². The van der Waals surface area contributed by atoms with Gasteiger partial charge in [0, 0.05) is 43.2 Å². The Morgan fingerprint density at radius 3 is 2.50 bits per heavy atom. The smallest absolute Gasteiger partial charge is 0.140 e. The van der Waals surface area contributed by atoms with E-state index in [9.17, 15) is 4.39 Å². The molecule has 0 radical (unpaired) electrons. The Morgan fingerprint density at radius 2 is 1.78 bits per heavy atom. The number of nitrogens with one attached hydrogen (secondary N) is 1. The van der Waals surface area contributed by atoms with Gasteiger partial charge in [0.05, 0.1) is 24.0 Å². The second-order valence-corrected chi connectivity index (χ2v) is 7.55. The summed E-state index contributed by atoms with van der Waals surface area (Å²) in [5.74, 6) is 1.26. The van der Waals surface area contributed by atoms with Crippen LogP contribution in [0.25, 0.3) is 33.7 Å². The third-order valence-electron chi connectivity index (χ3n) is 5.59. The zero-order valence-electron chi connectivity index (χ0n) is 18.0. The van der Waals surface area contributed by atoms with E-state index in [1.807, 2.05) is 65.8 Å². The van der Waals surface area contributed by atoms with Gasteiger partial charge < -0.3 is 14.6 Å². The lowest BCUT2D eigenvalue weighted by Crippen LogP contribution is -1.98. The first-order valence-corrected chi connectivity index (χ1v) is 10.2. The number of halogens is 1. The van der Waals surface area contributed by atoms with Crippen LogP contribution in [0.15, 0.2) is 72.9 Å². The SMILES string of the molecule is COc1cc(Nc2cccc3c2nc(-c2ccc(F)cc2)n3C)ccc1-c1ccnn1C. The highest BCUT2D eigenvalue weighted by atomic mass is 19.1. The van der Waals surface area contributed by atoms with E-state index in [0.717, 1.165) is 50.8 Å². The van der Waals surface area contributed by atoms with Gasteiger partial charge in [-0.05, 0) is 54.6 Å². The molecule has 0 saturated heterocycles. The van der Waals surface area contributed by atoms with Crippen molar-refractivity contribution in [3.63, 3.8) is 0 Å². The minimum Gasteiger partial charge on any atom is -0.496 e. The molecule has 0 bridgehead atoms. The summed E-state index contributed by atoms with van der Waals surface area (Å²) in [4.78, 5) is 4.86. The van der Waals surface area contributed by atoms with Crippen LogP contribution in [0.2, 0.25) is 0 Å². The number of nitrogens with zero attached hydrogens (tertiary/aromatic N) is 4. The normalized spacial score (nSPS) is 11.1. The molecular weight excluding hydrogens is 405 g/mol. The summed E-state index contributed by atoms with van der Waals surface area (Å²) >= 11 is 0. The van der Waals surface area contributed by atoms with Gasteiger partial charge in [0.1, 0.15) is 22.9 Å². The van der Waals surface area contributed by atoms with E-state index in [4.69, 9.17) is 9.72 Å². The zero-order chi connectivity index (χ0) is 22.2. The highest BCUT2D eigenvalue weighted by Gasteiger charge is 2.15. The fourth-order valence-corrected chi connectivity index (χ4v) is 3.95. The number of ether oxygens (including phenoxy) is 1. The van der Waals surface area contributed by atoms with Crippen LogP contribution in [0.3, 0.4) is 0 Å². The van der Waals surface area contributed by atoms with Crippen molar-refractivity contribution in [2.45, 2.75) is 0 Å². The first-order chi connectivity index (χ1) is 15.5. The number of aryl methyl sites for hydroxylation is 2. The Morgan fingerprint density at radius 1 is 0.969 bits per heavy atom. The standard InChI is InChI=1S/C25H22FN5O/c1-30-22-6-4-5-20(24(22)29-25(30)16-7-9-17(26)10-8-16)28-18-11-12-19(23(15-18)32-3)21-13-14-27-31(21)2/h4-15,28H,1-3H3. The maximum atomic E-state index is 13.4. The van der Waals surface area contributed by atoms with Gasteiger partial charge in [0.2, 0.25) is 0 Å². The molecule has 0 unspecified atom stereocenters. The summed E-state index contributed by atoms with van der Waals surface area (Å²) in [6.45, 7) is 0. The number of para-hydroxylation sites is 1.